The predicted molar refractivity (Wildman–Crippen MR) is 86.2 cm³/mol. The lowest BCUT2D eigenvalue weighted by molar-refractivity contribution is -0.133. The maximum atomic E-state index is 12.4. The molecule has 0 aromatic heterocycles. The third-order valence-electron chi connectivity index (χ3n) is 3.81. The second kappa shape index (κ2) is 7.22. The van der Waals surface area contributed by atoms with Gasteiger partial charge in [-0.1, -0.05) is 30.3 Å². The van der Waals surface area contributed by atoms with Crippen molar-refractivity contribution in [1.82, 2.24) is 9.80 Å². The third-order valence-corrected chi connectivity index (χ3v) is 3.81. The number of likely N-dealkylation sites (N-methyl/N-ethyl adjacent to an activating group) is 1. The molecule has 1 aliphatic rings. The highest BCUT2D eigenvalue weighted by Crippen LogP contribution is 2.25. The molecule has 2 rings (SSSR count). The van der Waals surface area contributed by atoms with E-state index in [4.69, 9.17) is 5.73 Å². The van der Waals surface area contributed by atoms with Gasteiger partial charge < -0.3 is 15.5 Å². The molecule has 0 spiro atoms. The number of rotatable bonds is 6. The molecule has 0 heterocycles. The van der Waals surface area contributed by atoms with Gasteiger partial charge in [0.2, 0.25) is 11.8 Å². The van der Waals surface area contributed by atoms with Gasteiger partial charge in [0.15, 0.2) is 0 Å². The van der Waals surface area contributed by atoms with E-state index in [1.54, 1.807) is 11.0 Å². The minimum atomic E-state index is -0.481. The van der Waals surface area contributed by atoms with Crippen LogP contribution in [-0.2, 0) is 22.4 Å². The van der Waals surface area contributed by atoms with Crippen LogP contribution >= 0.6 is 0 Å². The maximum Gasteiger partial charge on any atom is 0.247 e. The van der Waals surface area contributed by atoms with Crippen LogP contribution in [0.1, 0.15) is 11.1 Å². The minimum absolute atomic E-state index is 0.00130. The lowest BCUT2D eigenvalue weighted by Crippen LogP contribution is -2.45. The molecule has 5 heteroatoms. The van der Waals surface area contributed by atoms with Gasteiger partial charge in [0, 0.05) is 18.7 Å². The molecule has 1 aromatic rings. The molecule has 0 atom stereocenters. The number of carbonyl (C=O) groups excluding carboxylic acids is 2. The van der Waals surface area contributed by atoms with E-state index in [9.17, 15) is 9.59 Å². The number of benzene rings is 1. The molecule has 5 nitrogen and oxygen atoms in total. The van der Waals surface area contributed by atoms with Crippen LogP contribution in [0.4, 0.5) is 0 Å². The largest absolute Gasteiger partial charge is 0.368 e. The van der Waals surface area contributed by atoms with E-state index in [-0.39, 0.29) is 18.5 Å². The van der Waals surface area contributed by atoms with Crippen molar-refractivity contribution in [3.63, 3.8) is 0 Å². The highest BCUT2D eigenvalue weighted by atomic mass is 16.2. The highest BCUT2D eigenvalue weighted by molar-refractivity contribution is 5.91. The number of amides is 2. The zero-order valence-corrected chi connectivity index (χ0v) is 13.2. The molecule has 0 unspecified atom stereocenters. The molecule has 2 N–H and O–H groups in total. The van der Waals surface area contributed by atoms with Crippen molar-refractivity contribution in [3.8, 4) is 0 Å². The van der Waals surface area contributed by atoms with E-state index in [1.165, 1.54) is 17.2 Å². The first-order valence-electron chi connectivity index (χ1n) is 7.44. The summed E-state index contributed by atoms with van der Waals surface area (Å²) in [6.07, 6.45) is 4.89. The fourth-order valence-electron chi connectivity index (χ4n) is 2.77. The van der Waals surface area contributed by atoms with Crippen LogP contribution in [0, 0.1) is 0 Å². The summed E-state index contributed by atoms with van der Waals surface area (Å²) >= 11 is 0. The van der Waals surface area contributed by atoms with Crippen molar-refractivity contribution < 1.29 is 9.59 Å². The van der Waals surface area contributed by atoms with Gasteiger partial charge in [-0.15, -0.1) is 0 Å². The van der Waals surface area contributed by atoms with Crippen molar-refractivity contribution in [2.45, 2.75) is 18.9 Å². The lowest BCUT2D eigenvalue weighted by atomic mass is 10.1. The topological polar surface area (TPSA) is 66.6 Å². The first-order valence-corrected chi connectivity index (χ1v) is 7.44. The molecule has 0 saturated heterocycles. The Balaban J connectivity index is 2.09. The van der Waals surface area contributed by atoms with Crippen molar-refractivity contribution in [2.75, 3.05) is 27.2 Å². The van der Waals surface area contributed by atoms with Gasteiger partial charge in [-0.25, -0.2) is 0 Å². The molecule has 118 valence electrons. The molecule has 0 radical (unpaired) electrons. The van der Waals surface area contributed by atoms with Crippen molar-refractivity contribution in [2.24, 2.45) is 5.73 Å². The summed E-state index contributed by atoms with van der Waals surface area (Å²) in [5.41, 5.74) is 7.80. The number of nitrogens with two attached hydrogens (primary N) is 1. The number of fused-ring (bicyclic) bond motifs is 1. The fourth-order valence-corrected chi connectivity index (χ4v) is 2.77. The molecule has 0 bridgehead atoms. The Bertz CT molecular complexity index is 556. The zero-order valence-electron chi connectivity index (χ0n) is 13.2. The number of hydrogen-bond acceptors (Lipinski definition) is 3. The minimum Gasteiger partial charge on any atom is -0.368 e. The van der Waals surface area contributed by atoms with Crippen LogP contribution in [0.2, 0.25) is 0 Å². The van der Waals surface area contributed by atoms with E-state index in [1.807, 2.05) is 31.1 Å². The Morgan fingerprint density at radius 1 is 1.23 bits per heavy atom. The summed E-state index contributed by atoms with van der Waals surface area (Å²) < 4.78 is 0. The number of primary amides is 1. The molecule has 0 aliphatic heterocycles. The summed E-state index contributed by atoms with van der Waals surface area (Å²) in [6, 6.07) is 8.15. The quantitative estimate of drug-likeness (QED) is 0.782. The van der Waals surface area contributed by atoms with Crippen LogP contribution in [0.3, 0.4) is 0 Å². The van der Waals surface area contributed by atoms with Gasteiger partial charge in [-0.2, -0.15) is 0 Å². The third kappa shape index (κ3) is 4.18. The molecule has 1 aliphatic carbocycles. The van der Waals surface area contributed by atoms with Crippen LogP contribution in [0.15, 0.2) is 36.4 Å². The average molecular weight is 301 g/mol. The summed E-state index contributed by atoms with van der Waals surface area (Å²) in [7, 11) is 3.87. The predicted octanol–water partition coefficient (Wildman–Crippen LogP) is 0.586. The molecule has 22 heavy (non-hydrogen) atoms. The molecule has 2 amide bonds. The summed E-state index contributed by atoms with van der Waals surface area (Å²) in [5.74, 6) is -0.635. The maximum absolute atomic E-state index is 12.4. The van der Waals surface area contributed by atoms with Crippen LogP contribution < -0.4 is 5.73 Å². The number of carbonyl (C=O) groups is 2. The van der Waals surface area contributed by atoms with Gasteiger partial charge in [-0.3, -0.25) is 9.59 Å². The van der Waals surface area contributed by atoms with Crippen LogP contribution in [0.5, 0.6) is 0 Å². The molecular formula is C17H23N3O2. The second-order valence-corrected chi connectivity index (χ2v) is 5.93. The van der Waals surface area contributed by atoms with Gasteiger partial charge in [-0.05, 0) is 38.1 Å². The molecule has 0 saturated carbocycles. The van der Waals surface area contributed by atoms with E-state index < -0.39 is 5.91 Å². The van der Waals surface area contributed by atoms with Gasteiger partial charge in [0.05, 0.1) is 6.54 Å². The molecule has 1 aromatic carbocycles. The highest BCUT2D eigenvalue weighted by Gasteiger charge is 2.29. The molecule has 0 fully saturated rings. The van der Waals surface area contributed by atoms with Crippen LogP contribution in [-0.4, -0.2) is 54.8 Å². The normalized spacial score (nSPS) is 14.5. The Morgan fingerprint density at radius 3 is 2.32 bits per heavy atom. The zero-order chi connectivity index (χ0) is 16.1. The van der Waals surface area contributed by atoms with Crippen molar-refractivity contribution in [3.05, 3.63) is 47.5 Å². The summed E-state index contributed by atoms with van der Waals surface area (Å²) in [4.78, 5) is 27.3. The Labute approximate surface area is 131 Å². The Hall–Kier alpha value is -2.14. The monoisotopic (exact) mass is 301 g/mol. The standard InChI is InChI=1S/C17H23N3O2/c1-19(2)9-5-8-17(22)20(12-16(18)21)15-10-13-6-3-4-7-14(13)11-15/h3-8,15H,9-12H2,1-2H3,(H2,18,21)/b8-5+. The van der Waals surface area contributed by atoms with Gasteiger partial charge in [0.25, 0.3) is 0 Å². The lowest BCUT2D eigenvalue weighted by Gasteiger charge is -2.26. The Morgan fingerprint density at radius 2 is 1.82 bits per heavy atom. The summed E-state index contributed by atoms with van der Waals surface area (Å²) in [6.45, 7) is 0.644. The van der Waals surface area contributed by atoms with E-state index in [2.05, 4.69) is 12.1 Å². The number of nitrogens with zero attached hydrogens (tertiary/aromatic N) is 2. The smallest absolute Gasteiger partial charge is 0.247 e. The molecular weight excluding hydrogens is 278 g/mol. The SMILES string of the molecule is CN(C)C/C=C/C(=O)N(CC(N)=O)C1Cc2ccccc2C1. The first kappa shape index (κ1) is 16.2. The first-order chi connectivity index (χ1) is 10.5. The second-order valence-electron chi connectivity index (χ2n) is 5.93. The number of hydrogen-bond donors (Lipinski definition) is 1. The fraction of sp³-hybridized carbons (Fsp3) is 0.412. The van der Waals surface area contributed by atoms with E-state index in [0.717, 1.165) is 12.8 Å². The average Bonchev–Trinajstić information content (AvgIpc) is 2.87. The van der Waals surface area contributed by atoms with Gasteiger partial charge >= 0.3 is 0 Å². The van der Waals surface area contributed by atoms with Crippen molar-refractivity contribution in [1.29, 1.82) is 0 Å². The van der Waals surface area contributed by atoms with Crippen LogP contribution in [0.25, 0.3) is 0 Å². The van der Waals surface area contributed by atoms with E-state index >= 15 is 0 Å². The van der Waals surface area contributed by atoms with Gasteiger partial charge in [0.1, 0.15) is 0 Å². The van der Waals surface area contributed by atoms with E-state index in [0.29, 0.717) is 6.54 Å². The Kier molecular flexibility index (Phi) is 5.33. The summed E-state index contributed by atoms with van der Waals surface area (Å²) in [5, 5.41) is 0. The van der Waals surface area contributed by atoms with Crippen molar-refractivity contribution >= 4 is 11.8 Å².